The summed E-state index contributed by atoms with van der Waals surface area (Å²) in [5.41, 5.74) is 1.91. The Morgan fingerprint density at radius 2 is 1.91 bits per heavy atom. The van der Waals surface area contributed by atoms with Gasteiger partial charge in [0.05, 0.1) is 20.8 Å². The van der Waals surface area contributed by atoms with Crippen molar-refractivity contribution in [1.82, 2.24) is 19.9 Å². The number of carbonyl (C=O) groups is 1. The van der Waals surface area contributed by atoms with Gasteiger partial charge in [-0.3, -0.25) is 9.69 Å². The van der Waals surface area contributed by atoms with Gasteiger partial charge in [0.25, 0.3) is 0 Å². The molecule has 1 amide bonds. The van der Waals surface area contributed by atoms with Gasteiger partial charge in [-0.25, -0.2) is 0 Å². The van der Waals surface area contributed by atoms with E-state index < -0.39 is 0 Å². The standard InChI is InChI=1S/C25H29BrN4O4/c1-29(15-17-7-8-21(32-2)22(13-17)33-3)25(31)18-9-11-30(12-10-18)16-23-27-24(28-34-23)19-5-4-6-20(26)14-19/h4-8,13-14,18H,9-12,15-16H2,1-3H3. The van der Waals surface area contributed by atoms with Crippen LogP contribution in [0, 0.1) is 5.92 Å². The molecule has 3 aromatic rings. The van der Waals surface area contributed by atoms with Crippen LogP contribution in [0.3, 0.4) is 0 Å². The normalized spacial score (nSPS) is 14.7. The Morgan fingerprint density at radius 3 is 2.62 bits per heavy atom. The third-order valence-corrected chi connectivity index (χ3v) is 6.58. The number of benzene rings is 2. The first-order chi connectivity index (χ1) is 16.5. The van der Waals surface area contributed by atoms with Gasteiger partial charge in [0.2, 0.25) is 17.6 Å². The van der Waals surface area contributed by atoms with Crippen molar-refractivity contribution in [2.45, 2.75) is 25.9 Å². The molecule has 2 heterocycles. The molecule has 1 fully saturated rings. The number of likely N-dealkylation sites (tertiary alicyclic amines) is 1. The van der Waals surface area contributed by atoms with E-state index in [1.165, 1.54) is 0 Å². The fraction of sp³-hybridized carbons (Fsp3) is 0.400. The lowest BCUT2D eigenvalue weighted by atomic mass is 9.95. The van der Waals surface area contributed by atoms with Crippen LogP contribution in [0.5, 0.6) is 11.5 Å². The van der Waals surface area contributed by atoms with E-state index in [9.17, 15) is 4.79 Å². The second-order valence-corrected chi connectivity index (χ2v) is 9.37. The highest BCUT2D eigenvalue weighted by atomic mass is 79.9. The predicted molar refractivity (Wildman–Crippen MR) is 131 cm³/mol. The van der Waals surface area contributed by atoms with E-state index in [2.05, 4.69) is 31.0 Å². The Kier molecular flexibility index (Phi) is 7.84. The summed E-state index contributed by atoms with van der Waals surface area (Å²) in [6.07, 6.45) is 1.61. The van der Waals surface area contributed by atoms with Crippen molar-refractivity contribution in [1.29, 1.82) is 0 Å². The van der Waals surface area contributed by atoms with E-state index in [4.69, 9.17) is 14.0 Å². The number of piperidine rings is 1. The summed E-state index contributed by atoms with van der Waals surface area (Å²) in [4.78, 5) is 21.6. The van der Waals surface area contributed by atoms with Crippen molar-refractivity contribution in [3.8, 4) is 22.9 Å². The molecule has 8 nitrogen and oxygen atoms in total. The van der Waals surface area contributed by atoms with E-state index in [1.54, 1.807) is 19.1 Å². The second kappa shape index (κ2) is 11.0. The summed E-state index contributed by atoms with van der Waals surface area (Å²) >= 11 is 3.47. The van der Waals surface area contributed by atoms with Gasteiger partial charge in [-0.15, -0.1) is 0 Å². The van der Waals surface area contributed by atoms with Gasteiger partial charge in [0.15, 0.2) is 11.5 Å². The molecular weight excluding hydrogens is 500 g/mol. The Hall–Kier alpha value is -2.91. The average molecular weight is 529 g/mol. The van der Waals surface area contributed by atoms with Crippen LogP contribution in [-0.2, 0) is 17.9 Å². The maximum absolute atomic E-state index is 13.0. The number of aromatic nitrogens is 2. The van der Waals surface area contributed by atoms with Gasteiger partial charge < -0.3 is 18.9 Å². The van der Waals surface area contributed by atoms with Gasteiger partial charge in [-0.05, 0) is 55.8 Å². The first-order valence-corrected chi connectivity index (χ1v) is 12.0. The highest BCUT2D eigenvalue weighted by Gasteiger charge is 2.28. The number of hydrogen-bond donors (Lipinski definition) is 0. The SMILES string of the molecule is COc1ccc(CN(C)C(=O)C2CCN(Cc3nc(-c4cccc(Br)c4)no3)CC2)cc1OC. The Labute approximate surface area is 208 Å². The molecule has 2 aromatic carbocycles. The quantitative estimate of drug-likeness (QED) is 0.428. The summed E-state index contributed by atoms with van der Waals surface area (Å²) in [5.74, 6) is 2.70. The molecule has 0 spiro atoms. The molecule has 0 radical (unpaired) electrons. The molecule has 0 atom stereocenters. The van der Waals surface area contributed by atoms with E-state index in [1.807, 2.05) is 49.5 Å². The highest BCUT2D eigenvalue weighted by molar-refractivity contribution is 9.10. The Balaban J connectivity index is 1.28. The number of hydrogen-bond acceptors (Lipinski definition) is 7. The van der Waals surface area contributed by atoms with Crippen LogP contribution in [0.15, 0.2) is 51.5 Å². The topological polar surface area (TPSA) is 80.9 Å². The van der Waals surface area contributed by atoms with Crippen LogP contribution in [-0.4, -0.2) is 60.2 Å². The van der Waals surface area contributed by atoms with Gasteiger partial charge in [0, 0.05) is 29.5 Å². The van der Waals surface area contributed by atoms with Crippen LogP contribution in [0.4, 0.5) is 0 Å². The van der Waals surface area contributed by atoms with Crippen LogP contribution in [0.25, 0.3) is 11.4 Å². The minimum absolute atomic E-state index is 0.0151. The molecular formula is C25H29BrN4O4. The van der Waals surface area contributed by atoms with E-state index in [0.29, 0.717) is 36.3 Å². The number of halogens is 1. The Morgan fingerprint density at radius 1 is 1.15 bits per heavy atom. The van der Waals surface area contributed by atoms with Gasteiger partial charge in [-0.1, -0.05) is 39.3 Å². The number of rotatable bonds is 8. The lowest BCUT2D eigenvalue weighted by Crippen LogP contribution is -2.40. The fourth-order valence-electron chi connectivity index (χ4n) is 4.24. The molecule has 0 saturated carbocycles. The number of amides is 1. The van der Waals surface area contributed by atoms with E-state index in [-0.39, 0.29) is 11.8 Å². The molecule has 1 aromatic heterocycles. The molecule has 1 aliphatic rings. The van der Waals surface area contributed by atoms with Gasteiger partial charge in [0.1, 0.15) is 0 Å². The molecule has 1 saturated heterocycles. The second-order valence-electron chi connectivity index (χ2n) is 8.46. The zero-order chi connectivity index (χ0) is 24.1. The van der Waals surface area contributed by atoms with Crippen molar-refractivity contribution in [2.75, 3.05) is 34.4 Å². The summed E-state index contributed by atoms with van der Waals surface area (Å²) in [6.45, 7) is 2.74. The van der Waals surface area contributed by atoms with Crippen molar-refractivity contribution < 1.29 is 18.8 Å². The van der Waals surface area contributed by atoms with Crippen LogP contribution >= 0.6 is 15.9 Å². The Bertz CT molecular complexity index is 1130. The highest BCUT2D eigenvalue weighted by Crippen LogP contribution is 2.29. The lowest BCUT2D eigenvalue weighted by molar-refractivity contribution is -0.136. The average Bonchev–Trinajstić information content (AvgIpc) is 3.32. The summed E-state index contributed by atoms with van der Waals surface area (Å²) < 4.78 is 17.1. The first-order valence-electron chi connectivity index (χ1n) is 11.2. The molecule has 0 bridgehead atoms. The minimum Gasteiger partial charge on any atom is -0.493 e. The molecule has 9 heteroatoms. The van der Waals surface area contributed by atoms with Crippen LogP contribution in [0.2, 0.25) is 0 Å². The van der Waals surface area contributed by atoms with Crippen LogP contribution in [0.1, 0.15) is 24.3 Å². The zero-order valence-corrected chi connectivity index (χ0v) is 21.2. The number of methoxy groups -OCH3 is 2. The van der Waals surface area contributed by atoms with E-state index >= 15 is 0 Å². The third-order valence-electron chi connectivity index (χ3n) is 6.09. The summed E-state index contributed by atoms with van der Waals surface area (Å²) in [6, 6.07) is 13.6. The number of ether oxygens (including phenoxy) is 2. The van der Waals surface area contributed by atoms with Crippen molar-refractivity contribution >= 4 is 21.8 Å². The van der Waals surface area contributed by atoms with Crippen molar-refractivity contribution in [3.05, 3.63) is 58.4 Å². The van der Waals surface area contributed by atoms with E-state index in [0.717, 1.165) is 41.5 Å². The zero-order valence-electron chi connectivity index (χ0n) is 19.7. The molecule has 0 N–H and O–H groups in total. The maximum Gasteiger partial charge on any atom is 0.241 e. The predicted octanol–water partition coefficient (Wildman–Crippen LogP) is 4.39. The van der Waals surface area contributed by atoms with Crippen molar-refractivity contribution in [2.24, 2.45) is 5.92 Å². The largest absolute Gasteiger partial charge is 0.493 e. The third kappa shape index (κ3) is 5.77. The summed E-state index contributed by atoms with van der Waals surface area (Å²) in [7, 11) is 5.08. The van der Waals surface area contributed by atoms with Gasteiger partial charge >= 0.3 is 0 Å². The smallest absolute Gasteiger partial charge is 0.241 e. The monoisotopic (exact) mass is 528 g/mol. The number of carbonyl (C=O) groups excluding carboxylic acids is 1. The molecule has 180 valence electrons. The molecule has 34 heavy (non-hydrogen) atoms. The minimum atomic E-state index is 0.0151. The molecule has 0 unspecified atom stereocenters. The van der Waals surface area contributed by atoms with Gasteiger partial charge in [-0.2, -0.15) is 4.98 Å². The van der Waals surface area contributed by atoms with Crippen molar-refractivity contribution in [3.63, 3.8) is 0 Å². The first kappa shape index (κ1) is 24.2. The number of nitrogens with zero attached hydrogens (tertiary/aromatic N) is 4. The molecule has 1 aliphatic heterocycles. The lowest BCUT2D eigenvalue weighted by Gasteiger charge is -2.32. The van der Waals surface area contributed by atoms with Crippen LogP contribution < -0.4 is 9.47 Å². The summed E-state index contributed by atoms with van der Waals surface area (Å²) in [5, 5.41) is 4.11. The fourth-order valence-corrected chi connectivity index (χ4v) is 4.63. The molecule has 0 aliphatic carbocycles. The maximum atomic E-state index is 13.0. The molecule has 4 rings (SSSR count).